The first kappa shape index (κ1) is 16.1. The first-order valence-corrected chi connectivity index (χ1v) is 9.15. The number of amides is 1. The van der Waals surface area contributed by atoms with Gasteiger partial charge < -0.3 is 14.4 Å². The Morgan fingerprint density at radius 3 is 2.72 bits per heavy atom. The second-order valence-corrected chi connectivity index (χ2v) is 7.10. The Labute approximate surface area is 148 Å². The fourth-order valence-corrected chi connectivity index (χ4v) is 4.06. The van der Waals surface area contributed by atoms with E-state index in [1.807, 2.05) is 41.8 Å². The van der Waals surface area contributed by atoms with Crippen LogP contribution >= 0.6 is 0 Å². The van der Waals surface area contributed by atoms with Crippen molar-refractivity contribution in [2.75, 3.05) is 24.5 Å². The fourth-order valence-electron chi connectivity index (χ4n) is 4.06. The van der Waals surface area contributed by atoms with Gasteiger partial charge in [0.15, 0.2) is 0 Å². The normalized spacial score (nSPS) is 20.5. The van der Waals surface area contributed by atoms with Crippen molar-refractivity contribution in [3.8, 4) is 0 Å². The van der Waals surface area contributed by atoms with Gasteiger partial charge in [-0.3, -0.25) is 4.79 Å². The number of anilines is 1. The molecule has 2 aliphatic rings. The average molecular weight is 339 g/mol. The zero-order valence-electron chi connectivity index (χ0n) is 15.0. The maximum atomic E-state index is 13.2. The second-order valence-electron chi connectivity index (χ2n) is 7.10. The van der Waals surface area contributed by atoms with Crippen LogP contribution in [0.2, 0.25) is 0 Å². The second kappa shape index (κ2) is 6.50. The van der Waals surface area contributed by atoms with Crippen molar-refractivity contribution < 1.29 is 4.79 Å². The van der Waals surface area contributed by atoms with Gasteiger partial charge in [-0.1, -0.05) is 0 Å². The lowest BCUT2D eigenvalue weighted by molar-refractivity contribution is 0.0728. The summed E-state index contributed by atoms with van der Waals surface area (Å²) in [7, 11) is 2.01. The van der Waals surface area contributed by atoms with Crippen LogP contribution in [0.1, 0.15) is 53.6 Å². The lowest BCUT2D eigenvalue weighted by atomic mass is 10.1. The predicted octanol–water partition coefficient (Wildman–Crippen LogP) is 2.70. The smallest absolute Gasteiger partial charge is 0.254 e. The van der Waals surface area contributed by atoms with Gasteiger partial charge in [0.05, 0.1) is 11.7 Å². The molecule has 1 atom stereocenters. The fraction of sp³-hybridized carbons (Fsp3) is 0.526. The molecule has 0 bridgehead atoms. The topological polar surface area (TPSA) is 54.3 Å². The summed E-state index contributed by atoms with van der Waals surface area (Å²) in [4.78, 5) is 26.5. The van der Waals surface area contributed by atoms with Crippen LogP contribution < -0.4 is 4.90 Å². The van der Waals surface area contributed by atoms with E-state index in [0.717, 1.165) is 55.4 Å². The van der Waals surface area contributed by atoms with Crippen molar-refractivity contribution in [3.63, 3.8) is 0 Å². The molecular formula is C19H25N5O. The van der Waals surface area contributed by atoms with E-state index < -0.39 is 0 Å². The number of rotatable bonds is 3. The van der Waals surface area contributed by atoms with Gasteiger partial charge in [0.2, 0.25) is 0 Å². The highest BCUT2D eigenvalue weighted by Crippen LogP contribution is 2.32. The van der Waals surface area contributed by atoms with Gasteiger partial charge in [0.25, 0.3) is 5.91 Å². The van der Waals surface area contributed by atoms with Crippen molar-refractivity contribution in [1.82, 2.24) is 19.4 Å². The summed E-state index contributed by atoms with van der Waals surface area (Å²) in [5, 5.41) is 0. The Morgan fingerprint density at radius 2 is 2.00 bits per heavy atom. The minimum atomic E-state index is 0.0644. The van der Waals surface area contributed by atoms with Crippen LogP contribution in [0.25, 0.3) is 0 Å². The van der Waals surface area contributed by atoms with Gasteiger partial charge in [-0.2, -0.15) is 0 Å². The molecule has 2 aromatic rings. The highest BCUT2D eigenvalue weighted by molar-refractivity contribution is 5.95. The van der Waals surface area contributed by atoms with E-state index >= 15 is 0 Å². The van der Waals surface area contributed by atoms with Crippen molar-refractivity contribution >= 4 is 11.7 Å². The number of carbonyl (C=O) groups excluding carboxylic acids is 1. The summed E-state index contributed by atoms with van der Waals surface area (Å²) < 4.78 is 2.05. The molecule has 1 amide bonds. The summed E-state index contributed by atoms with van der Waals surface area (Å²) in [5.41, 5.74) is 1.73. The molecule has 0 aliphatic carbocycles. The molecule has 25 heavy (non-hydrogen) atoms. The number of aryl methyl sites for hydroxylation is 2. The van der Waals surface area contributed by atoms with Crippen LogP contribution in [0, 0.1) is 6.92 Å². The number of imidazole rings is 1. The highest BCUT2D eigenvalue weighted by atomic mass is 16.2. The highest BCUT2D eigenvalue weighted by Gasteiger charge is 2.33. The van der Waals surface area contributed by atoms with Crippen LogP contribution in [0.3, 0.4) is 0 Å². The van der Waals surface area contributed by atoms with E-state index in [4.69, 9.17) is 0 Å². The zero-order chi connectivity index (χ0) is 17.4. The van der Waals surface area contributed by atoms with E-state index in [0.29, 0.717) is 0 Å². The minimum absolute atomic E-state index is 0.0644. The quantitative estimate of drug-likeness (QED) is 0.863. The molecule has 4 heterocycles. The Hall–Kier alpha value is -2.37. The van der Waals surface area contributed by atoms with Crippen LogP contribution in [-0.4, -0.2) is 45.0 Å². The number of hydrogen-bond acceptors (Lipinski definition) is 4. The van der Waals surface area contributed by atoms with Gasteiger partial charge >= 0.3 is 0 Å². The summed E-state index contributed by atoms with van der Waals surface area (Å²) in [5.74, 6) is 2.00. The molecule has 0 spiro atoms. The molecular weight excluding hydrogens is 314 g/mol. The zero-order valence-corrected chi connectivity index (χ0v) is 15.0. The number of hydrogen-bond donors (Lipinski definition) is 0. The molecule has 1 unspecified atom stereocenters. The number of carbonyl (C=O) groups is 1. The van der Waals surface area contributed by atoms with Crippen LogP contribution in [0.15, 0.2) is 24.5 Å². The van der Waals surface area contributed by atoms with Crippen molar-refractivity contribution in [2.24, 2.45) is 7.05 Å². The first-order chi connectivity index (χ1) is 12.1. The molecule has 4 rings (SSSR count). The molecule has 2 aromatic heterocycles. The monoisotopic (exact) mass is 339 g/mol. The molecule has 6 heteroatoms. The maximum Gasteiger partial charge on any atom is 0.254 e. The summed E-state index contributed by atoms with van der Waals surface area (Å²) in [6.45, 7) is 4.85. The summed E-state index contributed by atoms with van der Waals surface area (Å²) in [6.07, 6.45) is 8.18. The van der Waals surface area contributed by atoms with Crippen LogP contribution in [0.4, 0.5) is 5.82 Å². The molecule has 0 radical (unpaired) electrons. The largest absolute Gasteiger partial charge is 0.357 e. The van der Waals surface area contributed by atoms with Gasteiger partial charge in [-0.25, -0.2) is 9.97 Å². The Balaban J connectivity index is 1.59. The molecule has 2 saturated heterocycles. The number of likely N-dealkylation sites (tertiary alicyclic amines) is 1. The van der Waals surface area contributed by atoms with E-state index in [1.165, 1.54) is 12.8 Å². The summed E-state index contributed by atoms with van der Waals surface area (Å²) >= 11 is 0. The van der Waals surface area contributed by atoms with E-state index in [-0.39, 0.29) is 11.9 Å². The Morgan fingerprint density at radius 1 is 1.20 bits per heavy atom. The summed E-state index contributed by atoms with van der Waals surface area (Å²) in [6, 6.07) is 3.85. The van der Waals surface area contributed by atoms with Gasteiger partial charge in [0, 0.05) is 44.6 Å². The number of nitrogens with zero attached hydrogens (tertiary/aromatic N) is 5. The third kappa shape index (κ3) is 3.01. The molecule has 2 aliphatic heterocycles. The predicted molar refractivity (Wildman–Crippen MR) is 96.6 cm³/mol. The van der Waals surface area contributed by atoms with Crippen molar-refractivity contribution in [2.45, 2.75) is 38.6 Å². The van der Waals surface area contributed by atoms with Gasteiger partial charge in [-0.05, 0) is 44.7 Å². The van der Waals surface area contributed by atoms with E-state index in [1.54, 1.807) is 6.20 Å². The Bertz CT molecular complexity index is 778. The number of pyridine rings is 1. The molecule has 132 valence electrons. The molecule has 6 nitrogen and oxygen atoms in total. The lowest BCUT2D eigenvalue weighted by Gasteiger charge is -2.25. The van der Waals surface area contributed by atoms with Gasteiger partial charge in [-0.15, -0.1) is 0 Å². The molecule has 0 saturated carbocycles. The van der Waals surface area contributed by atoms with Gasteiger partial charge in [0.1, 0.15) is 11.6 Å². The average Bonchev–Trinajstić information content (AvgIpc) is 3.35. The third-order valence-electron chi connectivity index (χ3n) is 5.27. The first-order valence-electron chi connectivity index (χ1n) is 9.15. The van der Waals surface area contributed by atoms with Crippen molar-refractivity contribution in [1.29, 1.82) is 0 Å². The molecule has 0 aromatic carbocycles. The van der Waals surface area contributed by atoms with E-state index in [9.17, 15) is 4.79 Å². The van der Waals surface area contributed by atoms with Crippen molar-refractivity contribution in [3.05, 3.63) is 41.6 Å². The standard InChI is InChI=1S/C19H25N5O/c1-14-13-22(2)18(21-14)16-6-5-11-24(16)19(25)15-7-8-20-17(12-15)23-9-3-4-10-23/h7-8,12-13,16H,3-6,9-11H2,1-2H3. The molecule has 2 fully saturated rings. The third-order valence-corrected chi connectivity index (χ3v) is 5.27. The lowest BCUT2D eigenvalue weighted by Crippen LogP contribution is -2.32. The number of aromatic nitrogens is 3. The van der Waals surface area contributed by atoms with E-state index in [2.05, 4.69) is 14.9 Å². The van der Waals surface area contributed by atoms with Crippen LogP contribution in [0.5, 0.6) is 0 Å². The van der Waals surface area contributed by atoms with Crippen LogP contribution in [-0.2, 0) is 7.05 Å². The maximum absolute atomic E-state index is 13.2. The Kier molecular flexibility index (Phi) is 4.19. The minimum Gasteiger partial charge on any atom is -0.357 e. The SMILES string of the molecule is Cc1cn(C)c(C2CCCN2C(=O)c2ccnc(N3CCCC3)c2)n1. The molecule has 0 N–H and O–H groups in total.